The average molecular weight is 215 g/mol. The molecule has 2 unspecified atom stereocenters. The van der Waals surface area contributed by atoms with E-state index in [-0.39, 0.29) is 5.92 Å². The van der Waals surface area contributed by atoms with Crippen molar-refractivity contribution in [3.05, 3.63) is 35.4 Å². The van der Waals surface area contributed by atoms with Crippen LogP contribution in [-0.4, -0.2) is 12.2 Å². The Morgan fingerprint density at radius 3 is 2.88 bits per heavy atom. The number of benzene rings is 1. The van der Waals surface area contributed by atoms with Crippen LogP contribution in [0, 0.1) is 17.2 Å². The minimum atomic E-state index is -1.43. The maximum atomic E-state index is 10.3. The molecule has 0 saturated heterocycles. The van der Waals surface area contributed by atoms with Crippen molar-refractivity contribution in [2.45, 2.75) is 12.5 Å². The van der Waals surface area contributed by atoms with E-state index < -0.39 is 5.60 Å². The number of hydrogen-bond donors (Lipinski definition) is 1. The van der Waals surface area contributed by atoms with Crippen molar-refractivity contribution in [1.82, 2.24) is 0 Å². The topological polar surface area (TPSA) is 53.2 Å². The third kappa shape index (κ3) is 1.39. The fraction of sp³-hybridized carbons (Fsp3) is 0.308. The number of nitrogens with zero attached hydrogens (tertiary/aromatic N) is 1. The van der Waals surface area contributed by atoms with Gasteiger partial charge in [-0.3, -0.25) is 0 Å². The summed E-state index contributed by atoms with van der Waals surface area (Å²) >= 11 is 0. The van der Waals surface area contributed by atoms with Crippen molar-refractivity contribution in [3.8, 4) is 11.8 Å². The fourth-order valence-corrected chi connectivity index (χ4v) is 1.95. The van der Waals surface area contributed by atoms with Gasteiger partial charge in [-0.15, -0.1) is 0 Å². The van der Waals surface area contributed by atoms with Crippen molar-refractivity contribution in [2.24, 2.45) is 5.92 Å². The second kappa shape index (κ2) is 3.66. The number of methoxy groups -OCH3 is 1. The molecule has 2 rings (SSSR count). The van der Waals surface area contributed by atoms with E-state index >= 15 is 0 Å². The molecule has 1 N–H and O–H groups in total. The Morgan fingerprint density at radius 1 is 1.50 bits per heavy atom. The molecule has 0 fully saturated rings. The van der Waals surface area contributed by atoms with E-state index in [9.17, 15) is 5.11 Å². The van der Waals surface area contributed by atoms with Gasteiger partial charge in [0.1, 0.15) is 11.8 Å². The standard InChI is InChI=1S/C13H13NO2/c1-9-3-4-10-7-11(16-2)5-6-12(10)13(9,15)8-14/h3-7,9,15H,1-2H3. The van der Waals surface area contributed by atoms with Gasteiger partial charge >= 0.3 is 0 Å². The first-order chi connectivity index (χ1) is 7.61. The van der Waals surface area contributed by atoms with Crippen LogP contribution in [0.5, 0.6) is 5.75 Å². The molecule has 1 aliphatic carbocycles. The fourth-order valence-electron chi connectivity index (χ4n) is 1.95. The molecule has 0 saturated carbocycles. The van der Waals surface area contributed by atoms with E-state index in [1.54, 1.807) is 19.2 Å². The van der Waals surface area contributed by atoms with Crippen LogP contribution in [-0.2, 0) is 5.60 Å². The third-order valence-corrected chi connectivity index (χ3v) is 3.06. The Labute approximate surface area is 94.6 Å². The van der Waals surface area contributed by atoms with E-state index in [2.05, 4.69) is 0 Å². The van der Waals surface area contributed by atoms with Gasteiger partial charge < -0.3 is 9.84 Å². The molecule has 16 heavy (non-hydrogen) atoms. The summed E-state index contributed by atoms with van der Waals surface area (Å²) in [5.74, 6) is 0.511. The van der Waals surface area contributed by atoms with Crippen LogP contribution >= 0.6 is 0 Å². The molecule has 0 amide bonds. The number of ether oxygens (including phenoxy) is 1. The second-order valence-electron chi connectivity index (χ2n) is 3.98. The maximum Gasteiger partial charge on any atom is 0.183 e. The van der Waals surface area contributed by atoms with Gasteiger partial charge in [0.05, 0.1) is 7.11 Å². The molecule has 1 aromatic rings. The van der Waals surface area contributed by atoms with Crippen LogP contribution in [0.2, 0.25) is 0 Å². The van der Waals surface area contributed by atoms with Crippen molar-refractivity contribution >= 4 is 6.08 Å². The predicted octanol–water partition coefficient (Wildman–Crippen LogP) is 2.07. The summed E-state index contributed by atoms with van der Waals surface area (Å²) < 4.78 is 5.11. The first-order valence-corrected chi connectivity index (χ1v) is 5.12. The van der Waals surface area contributed by atoms with Gasteiger partial charge in [0.25, 0.3) is 0 Å². The minimum Gasteiger partial charge on any atom is -0.497 e. The lowest BCUT2D eigenvalue weighted by Crippen LogP contribution is -2.33. The Bertz CT molecular complexity index is 487. The van der Waals surface area contributed by atoms with Gasteiger partial charge in [0.2, 0.25) is 0 Å². The Hall–Kier alpha value is -1.79. The summed E-state index contributed by atoms with van der Waals surface area (Å²) in [5.41, 5.74) is 0.0448. The zero-order valence-electron chi connectivity index (χ0n) is 9.27. The lowest BCUT2D eigenvalue weighted by atomic mass is 9.77. The van der Waals surface area contributed by atoms with Crippen LogP contribution in [0.3, 0.4) is 0 Å². The lowest BCUT2D eigenvalue weighted by molar-refractivity contribution is 0.0584. The zero-order chi connectivity index (χ0) is 11.8. The summed E-state index contributed by atoms with van der Waals surface area (Å²) in [4.78, 5) is 0. The molecule has 3 nitrogen and oxygen atoms in total. The Morgan fingerprint density at radius 2 is 2.25 bits per heavy atom. The predicted molar refractivity (Wildman–Crippen MR) is 60.7 cm³/mol. The van der Waals surface area contributed by atoms with E-state index in [0.29, 0.717) is 5.56 Å². The van der Waals surface area contributed by atoms with Gasteiger partial charge in [0, 0.05) is 11.5 Å². The summed E-state index contributed by atoms with van der Waals surface area (Å²) in [5, 5.41) is 19.4. The first-order valence-electron chi connectivity index (χ1n) is 5.12. The highest BCUT2D eigenvalue weighted by Gasteiger charge is 2.38. The van der Waals surface area contributed by atoms with Crippen molar-refractivity contribution in [3.63, 3.8) is 0 Å². The average Bonchev–Trinajstić information content (AvgIpc) is 2.33. The van der Waals surface area contributed by atoms with Crippen molar-refractivity contribution < 1.29 is 9.84 Å². The quantitative estimate of drug-likeness (QED) is 0.729. The summed E-state index contributed by atoms with van der Waals surface area (Å²) in [6.45, 7) is 1.83. The summed E-state index contributed by atoms with van der Waals surface area (Å²) in [7, 11) is 1.59. The molecule has 3 heteroatoms. The minimum absolute atomic E-state index is 0.210. The number of fused-ring (bicyclic) bond motifs is 1. The molecule has 0 aromatic heterocycles. The Balaban J connectivity index is 2.61. The van der Waals surface area contributed by atoms with Crippen LogP contribution in [0.25, 0.3) is 6.08 Å². The first kappa shape index (κ1) is 10.7. The molecule has 0 radical (unpaired) electrons. The second-order valence-corrected chi connectivity index (χ2v) is 3.98. The van der Waals surface area contributed by atoms with E-state index in [1.807, 2.05) is 31.2 Å². The van der Waals surface area contributed by atoms with E-state index in [1.165, 1.54) is 0 Å². The molecule has 1 aromatic carbocycles. The van der Waals surface area contributed by atoms with Gasteiger partial charge in [-0.2, -0.15) is 5.26 Å². The molecule has 0 spiro atoms. The van der Waals surface area contributed by atoms with Gasteiger partial charge in [0.15, 0.2) is 5.60 Å². The van der Waals surface area contributed by atoms with Gasteiger partial charge in [-0.05, 0) is 17.7 Å². The van der Waals surface area contributed by atoms with Gasteiger partial charge in [-0.25, -0.2) is 0 Å². The molecule has 2 atom stereocenters. The number of nitriles is 1. The maximum absolute atomic E-state index is 10.3. The third-order valence-electron chi connectivity index (χ3n) is 3.06. The highest BCUT2D eigenvalue weighted by Crippen LogP contribution is 2.38. The lowest BCUT2D eigenvalue weighted by Gasteiger charge is -2.30. The molecule has 0 bridgehead atoms. The molecular formula is C13H13NO2. The SMILES string of the molecule is COc1ccc2c(c1)C=CC(C)C2(O)C#N. The highest BCUT2D eigenvalue weighted by atomic mass is 16.5. The molecular weight excluding hydrogens is 202 g/mol. The van der Waals surface area contributed by atoms with Crippen LogP contribution in [0.1, 0.15) is 18.1 Å². The number of aliphatic hydroxyl groups is 1. The monoisotopic (exact) mass is 215 g/mol. The summed E-state index contributed by atoms with van der Waals surface area (Å²) in [6.07, 6.45) is 3.75. The van der Waals surface area contributed by atoms with E-state index in [4.69, 9.17) is 10.00 Å². The van der Waals surface area contributed by atoms with Crippen LogP contribution in [0.15, 0.2) is 24.3 Å². The summed E-state index contributed by atoms with van der Waals surface area (Å²) in [6, 6.07) is 7.31. The largest absolute Gasteiger partial charge is 0.497 e. The molecule has 1 aliphatic rings. The molecule has 0 heterocycles. The zero-order valence-corrected chi connectivity index (χ0v) is 9.27. The van der Waals surface area contributed by atoms with Crippen LogP contribution in [0.4, 0.5) is 0 Å². The van der Waals surface area contributed by atoms with Crippen molar-refractivity contribution in [2.75, 3.05) is 7.11 Å². The number of rotatable bonds is 1. The smallest absolute Gasteiger partial charge is 0.183 e. The normalized spacial score (nSPS) is 27.0. The molecule has 82 valence electrons. The van der Waals surface area contributed by atoms with E-state index in [0.717, 1.165) is 11.3 Å². The van der Waals surface area contributed by atoms with Crippen LogP contribution < -0.4 is 4.74 Å². The highest BCUT2D eigenvalue weighted by molar-refractivity contribution is 5.62. The Kier molecular flexibility index (Phi) is 2.45. The molecule has 0 aliphatic heterocycles. The van der Waals surface area contributed by atoms with Crippen molar-refractivity contribution in [1.29, 1.82) is 5.26 Å². The number of hydrogen-bond acceptors (Lipinski definition) is 3. The van der Waals surface area contributed by atoms with Gasteiger partial charge in [-0.1, -0.05) is 25.1 Å².